The normalized spacial score (nSPS) is 11.8. The first kappa shape index (κ1) is 12.5. The van der Waals surface area contributed by atoms with Crippen molar-refractivity contribution in [1.29, 1.82) is 0 Å². The molecule has 1 heterocycles. The molecule has 0 saturated heterocycles. The molecule has 2 aromatic rings. The van der Waals surface area contributed by atoms with Crippen LogP contribution in [-0.4, -0.2) is 16.1 Å². The van der Waals surface area contributed by atoms with Gasteiger partial charge in [0.15, 0.2) is 0 Å². The number of aromatic nitrogens is 1. The number of rotatable bonds is 1. The number of hydrogen-bond acceptors (Lipinski definition) is 2. The molecule has 0 radical (unpaired) electrons. The minimum absolute atomic E-state index is 0.0874. The molecule has 0 fully saturated rings. The molecule has 0 bridgehead atoms. The van der Waals surface area contributed by atoms with Crippen LogP contribution in [0.4, 0.5) is 4.39 Å². The predicted octanol–water partition coefficient (Wildman–Crippen LogP) is 3.37. The third-order valence-electron chi connectivity index (χ3n) is 2.79. The lowest BCUT2D eigenvalue weighted by atomic mass is 9.90. The fraction of sp³-hybridized carbons (Fsp3) is 0.286. The van der Waals surface area contributed by atoms with Crippen molar-refractivity contribution in [2.75, 3.05) is 0 Å². The van der Waals surface area contributed by atoms with Gasteiger partial charge < -0.3 is 5.11 Å². The minimum atomic E-state index is -1.07. The molecule has 0 saturated carbocycles. The van der Waals surface area contributed by atoms with Crippen molar-refractivity contribution in [1.82, 2.24) is 4.98 Å². The molecule has 0 amide bonds. The monoisotopic (exact) mass is 247 g/mol. The Morgan fingerprint density at radius 1 is 1.33 bits per heavy atom. The Balaban J connectivity index is 2.88. The molecular formula is C14H14FNO2. The zero-order valence-corrected chi connectivity index (χ0v) is 10.5. The van der Waals surface area contributed by atoms with E-state index in [2.05, 4.69) is 4.98 Å². The number of aromatic carboxylic acids is 1. The van der Waals surface area contributed by atoms with Gasteiger partial charge in [-0.1, -0.05) is 32.9 Å². The fourth-order valence-electron chi connectivity index (χ4n) is 1.77. The highest BCUT2D eigenvalue weighted by Gasteiger charge is 2.21. The topological polar surface area (TPSA) is 50.2 Å². The Hall–Kier alpha value is -1.97. The molecule has 2 rings (SSSR count). The summed E-state index contributed by atoms with van der Waals surface area (Å²) in [6.07, 6.45) is 0. The van der Waals surface area contributed by atoms with E-state index in [1.807, 2.05) is 20.8 Å². The van der Waals surface area contributed by atoms with E-state index in [9.17, 15) is 14.3 Å². The van der Waals surface area contributed by atoms with E-state index >= 15 is 0 Å². The first-order valence-electron chi connectivity index (χ1n) is 5.64. The zero-order chi connectivity index (χ0) is 13.5. The highest BCUT2D eigenvalue weighted by atomic mass is 19.1. The third kappa shape index (κ3) is 2.06. The first-order chi connectivity index (χ1) is 8.30. The van der Waals surface area contributed by atoms with E-state index < -0.39 is 11.8 Å². The Kier molecular flexibility index (Phi) is 2.81. The van der Waals surface area contributed by atoms with Gasteiger partial charge in [0.05, 0.1) is 5.56 Å². The lowest BCUT2D eigenvalue weighted by Crippen LogP contribution is -2.15. The SMILES string of the molecule is CC(C)(C)c1cc(C(=O)O)c2cccc(F)c2n1. The van der Waals surface area contributed by atoms with Crippen LogP contribution in [0.5, 0.6) is 0 Å². The lowest BCUT2D eigenvalue weighted by molar-refractivity contribution is 0.0699. The van der Waals surface area contributed by atoms with Gasteiger partial charge in [-0.05, 0) is 12.1 Å². The van der Waals surface area contributed by atoms with E-state index in [1.165, 1.54) is 18.2 Å². The van der Waals surface area contributed by atoms with Gasteiger partial charge in [0, 0.05) is 16.5 Å². The van der Waals surface area contributed by atoms with E-state index in [0.717, 1.165) is 0 Å². The number of carboxylic acids is 1. The van der Waals surface area contributed by atoms with Crippen molar-refractivity contribution >= 4 is 16.9 Å². The van der Waals surface area contributed by atoms with Crippen LogP contribution in [0, 0.1) is 5.82 Å². The van der Waals surface area contributed by atoms with Crippen LogP contribution in [0.1, 0.15) is 36.8 Å². The molecule has 0 atom stereocenters. The van der Waals surface area contributed by atoms with Crippen molar-refractivity contribution in [3.05, 3.63) is 41.3 Å². The fourth-order valence-corrected chi connectivity index (χ4v) is 1.77. The van der Waals surface area contributed by atoms with E-state index in [0.29, 0.717) is 11.1 Å². The van der Waals surface area contributed by atoms with Gasteiger partial charge >= 0.3 is 5.97 Å². The molecule has 0 aliphatic heterocycles. The van der Waals surface area contributed by atoms with Crippen molar-refractivity contribution in [2.45, 2.75) is 26.2 Å². The molecule has 3 nitrogen and oxygen atoms in total. The molecule has 0 aliphatic rings. The van der Waals surface area contributed by atoms with Crippen LogP contribution in [-0.2, 0) is 5.41 Å². The molecule has 4 heteroatoms. The number of carbonyl (C=O) groups is 1. The van der Waals surface area contributed by atoms with Crippen LogP contribution in [0.15, 0.2) is 24.3 Å². The Bertz CT molecular complexity index is 629. The number of hydrogen-bond donors (Lipinski definition) is 1. The maximum atomic E-state index is 13.7. The summed E-state index contributed by atoms with van der Waals surface area (Å²) in [4.78, 5) is 15.5. The molecule has 18 heavy (non-hydrogen) atoms. The van der Waals surface area contributed by atoms with E-state index in [-0.39, 0.29) is 16.5 Å². The average molecular weight is 247 g/mol. The van der Waals surface area contributed by atoms with Crippen LogP contribution in [0.2, 0.25) is 0 Å². The van der Waals surface area contributed by atoms with Crippen molar-refractivity contribution in [3.8, 4) is 0 Å². The highest BCUT2D eigenvalue weighted by molar-refractivity contribution is 6.02. The number of fused-ring (bicyclic) bond motifs is 1. The van der Waals surface area contributed by atoms with Gasteiger partial charge in [-0.25, -0.2) is 14.2 Å². The molecule has 1 aromatic carbocycles. The van der Waals surface area contributed by atoms with Crippen molar-refractivity contribution in [2.24, 2.45) is 0 Å². The number of nitrogens with zero attached hydrogens (tertiary/aromatic N) is 1. The average Bonchev–Trinajstić information content (AvgIpc) is 2.27. The molecule has 0 unspecified atom stereocenters. The Morgan fingerprint density at radius 2 is 2.00 bits per heavy atom. The quantitative estimate of drug-likeness (QED) is 0.840. The van der Waals surface area contributed by atoms with Gasteiger partial charge in [-0.3, -0.25) is 0 Å². The summed E-state index contributed by atoms with van der Waals surface area (Å²) in [7, 11) is 0. The summed E-state index contributed by atoms with van der Waals surface area (Å²) in [6, 6.07) is 5.86. The molecular weight excluding hydrogens is 233 g/mol. The van der Waals surface area contributed by atoms with E-state index in [1.54, 1.807) is 6.07 Å². The van der Waals surface area contributed by atoms with Crippen LogP contribution in [0.25, 0.3) is 10.9 Å². The van der Waals surface area contributed by atoms with Gasteiger partial charge in [0.1, 0.15) is 11.3 Å². The third-order valence-corrected chi connectivity index (χ3v) is 2.79. The molecule has 1 N–H and O–H groups in total. The first-order valence-corrected chi connectivity index (χ1v) is 5.64. The molecule has 94 valence electrons. The maximum absolute atomic E-state index is 13.7. The summed E-state index contributed by atoms with van der Waals surface area (Å²) in [5, 5.41) is 9.54. The second kappa shape index (κ2) is 4.05. The molecule has 0 spiro atoms. The lowest BCUT2D eigenvalue weighted by Gasteiger charge is -2.19. The van der Waals surface area contributed by atoms with Gasteiger partial charge in [0.2, 0.25) is 0 Å². The maximum Gasteiger partial charge on any atom is 0.336 e. The second-order valence-corrected chi connectivity index (χ2v) is 5.25. The summed E-state index contributed by atoms with van der Waals surface area (Å²) in [5.41, 5.74) is 0.435. The van der Waals surface area contributed by atoms with Gasteiger partial charge in [-0.2, -0.15) is 0 Å². The smallest absolute Gasteiger partial charge is 0.336 e. The Labute approximate surface area is 104 Å². The predicted molar refractivity (Wildman–Crippen MR) is 67.4 cm³/mol. The number of benzene rings is 1. The van der Waals surface area contributed by atoms with Crippen LogP contribution < -0.4 is 0 Å². The summed E-state index contributed by atoms with van der Waals surface area (Å²) in [6.45, 7) is 5.73. The number of pyridine rings is 1. The molecule has 1 aromatic heterocycles. The van der Waals surface area contributed by atoms with Crippen molar-refractivity contribution in [3.63, 3.8) is 0 Å². The van der Waals surface area contributed by atoms with Gasteiger partial charge in [-0.15, -0.1) is 0 Å². The highest BCUT2D eigenvalue weighted by Crippen LogP contribution is 2.27. The second-order valence-electron chi connectivity index (χ2n) is 5.25. The van der Waals surface area contributed by atoms with Crippen molar-refractivity contribution < 1.29 is 14.3 Å². The minimum Gasteiger partial charge on any atom is -0.478 e. The largest absolute Gasteiger partial charge is 0.478 e. The van der Waals surface area contributed by atoms with Gasteiger partial charge in [0.25, 0.3) is 0 Å². The number of halogens is 1. The van der Waals surface area contributed by atoms with E-state index in [4.69, 9.17) is 0 Å². The number of carboxylic acid groups (broad SMARTS) is 1. The summed E-state index contributed by atoms with van der Waals surface area (Å²) >= 11 is 0. The number of para-hydroxylation sites is 1. The summed E-state index contributed by atoms with van der Waals surface area (Å²) < 4.78 is 13.7. The zero-order valence-electron chi connectivity index (χ0n) is 10.5. The van der Waals surface area contributed by atoms with Crippen LogP contribution in [0.3, 0.4) is 0 Å². The molecule has 0 aliphatic carbocycles. The Morgan fingerprint density at radius 3 is 2.56 bits per heavy atom. The standard InChI is InChI=1S/C14H14FNO2/c1-14(2,3)11-7-9(13(17)18)8-5-4-6-10(15)12(8)16-11/h4-7H,1-3H3,(H,17,18). The summed E-state index contributed by atoms with van der Waals surface area (Å²) in [5.74, 6) is -1.57. The van der Waals surface area contributed by atoms with Crippen LogP contribution >= 0.6 is 0 Å².